The zero-order valence-corrected chi connectivity index (χ0v) is 16.7. The summed E-state index contributed by atoms with van der Waals surface area (Å²) in [5.41, 5.74) is 6.93. The molecule has 0 amide bonds. The van der Waals surface area contributed by atoms with Crippen LogP contribution in [0.5, 0.6) is 0 Å². The number of nitrogen functional groups attached to an aromatic ring is 1. The monoisotopic (exact) mass is 444 g/mol. The van der Waals surface area contributed by atoms with Gasteiger partial charge in [0.15, 0.2) is 0 Å². The fraction of sp³-hybridized carbons (Fsp3) is 0.143. The molecule has 0 aliphatic rings. The van der Waals surface area contributed by atoms with Crippen LogP contribution < -0.4 is 5.73 Å². The quantitative estimate of drug-likeness (QED) is 0.365. The van der Waals surface area contributed by atoms with Crippen molar-refractivity contribution in [1.82, 2.24) is 9.55 Å². The van der Waals surface area contributed by atoms with Crippen molar-refractivity contribution in [3.63, 3.8) is 0 Å². The zero-order valence-electron chi connectivity index (χ0n) is 12.7. The number of aryl methyl sites for hydroxylation is 1. The maximum Gasteiger partial charge on any atom is 0.208 e. The highest BCUT2D eigenvalue weighted by atomic mass is 79.9. The van der Waals surface area contributed by atoms with E-state index in [1.54, 1.807) is 29.3 Å². The number of hydrogen-bond donors (Lipinski definition) is 2. The normalized spacial score (nSPS) is 12.0. The zero-order chi connectivity index (χ0) is 17.6. The van der Waals surface area contributed by atoms with Gasteiger partial charge >= 0.3 is 0 Å². The van der Waals surface area contributed by atoms with Gasteiger partial charge in [0.1, 0.15) is 11.4 Å². The SMILES string of the molecule is CSc1sc(C(=N)N)cc1S(=O)(=O)c1cc(Br)c2ncn(C)c2c1. The molecule has 0 spiro atoms. The van der Waals surface area contributed by atoms with E-state index < -0.39 is 9.84 Å². The molecule has 0 radical (unpaired) electrons. The van der Waals surface area contributed by atoms with Crippen LogP contribution in [0.25, 0.3) is 11.0 Å². The number of nitrogens with zero attached hydrogens (tertiary/aromatic N) is 2. The summed E-state index contributed by atoms with van der Waals surface area (Å²) in [6, 6.07) is 4.63. The third-order valence-electron chi connectivity index (χ3n) is 3.47. The molecule has 0 aliphatic heterocycles. The first-order valence-electron chi connectivity index (χ1n) is 6.63. The fourth-order valence-electron chi connectivity index (χ4n) is 2.27. The predicted octanol–water partition coefficient (Wildman–Crippen LogP) is 3.24. The van der Waals surface area contributed by atoms with Crippen LogP contribution in [0, 0.1) is 5.41 Å². The number of imidazole rings is 1. The summed E-state index contributed by atoms with van der Waals surface area (Å²) < 4.78 is 29.2. The third-order valence-corrected chi connectivity index (χ3v) is 8.40. The summed E-state index contributed by atoms with van der Waals surface area (Å²) >= 11 is 5.93. The Hall–Kier alpha value is -1.36. The van der Waals surface area contributed by atoms with Crippen LogP contribution in [0.2, 0.25) is 0 Å². The van der Waals surface area contributed by atoms with Crippen molar-refractivity contribution in [1.29, 1.82) is 5.41 Å². The summed E-state index contributed by atoms with van der Waals surface area (Å²) in [7, 11) is -1.93. The van der Waals surface area contributed by atoms with Crippen molar-refractivity contribution in [2.75, 3.05) is 6.26 Å². The van der Waals surface area contributed by atoms with Gasteiger partial charge in [-0.1, -0.05) is 0 Å². The van der Waals surface area contributed by atoms with E-state index in [1.807, 2.05) is 7.05 Å². The van der Waals surface area contributed by atoms with Gasteiger partial charge in [-0.25, -0.2) is 13.4 Å². The average Bonchev–Trinajstić information content (AvgIpc) is 3.12. The number of thioether (sulfide) groups is 1. The maximum atomic E-state index is 13.1. The van der Waals surface area contributed by atoms with Crippen LogP contribution in [0.3, 0.4) is 0 Å². The Morgan fingerprint density at radius 3 is 2.75 bits per heavy atom. The van der Waals surface area contributed by atoms with Gasteiger partial charge in [0.05, 0.1) is 30.7 Å². The highest BCUT2D eigenvalue weighted by molar-refractivity contribution is 9.10. The number of aromatic nitrogens is 2. The Morgan fingerprint density at radius 2 is 2.12 bits per heavy atom. The van der Waals surface area contributed by atoms with E-state index in [0.29, 0.717) is 19.1 Å². The molecule has 0 aliphatic carbocycles. The van der Waals surface area contributed by atoms with Crippen molar-refractivity contribution in [2.24, 2.45) is 12.8 Å². The molecule has 0 unspecified atom stereocenters. The van der Waals surface area contributed by atoms with Crippen LogP contribution >= 0.6 is 39.0 Å². The molecular weight excluding hydrogens is 432 g/mol. The number of nitrogens with one attached hydrogen (secondary N) is 1. The number of hydrogen-bond acceptors (Lipinski definition) is 6. The molecule has 126 valence electrons. The molecule has 0 atom stereocenters. The van der Waals surface area contributed by atoms with Gasteiger partial charge in [-0.05, 0) is 40.4 Å². The largest absolute Gasteiger partial charge is 0.383 e. The van der Waals surface area contributed by atoms with Gasteiger partial charge in [0.25, 0.3) is 0 Å². The molecule has 6 nitrogen and oxygen atoms in total. The standard InChI is InChI=1S/C14H13BrN4O2S3/c1-19-6-18-12-8(15)3-7(4-9(12)19)24(20,21)11-5-10(13(16)17)23-14(11)22-2/h3-6H,1-2H3,(H3,16,17). The van der Waals surface area contributed by atoms with E-state index in [2.05, 4.69) is 20.9 Å². The highest BCUT2D eigenvalue weighted by Gasteiger charge is 2.26. The van der Waals surface area contributed by atoms with Crippen molar-refractivity contribution < 1.29 is 8.42 Å². The van der Waals surface area contributed by atoms with Crippen LogP contribution in [0.15, 0.2) is 43.0 Å². The van der Waals surface area contributed by atoms with Gasteiger partial charge in [0.2, 0.25) is 9.84 Å². The number of rotatable bonds is 4. The van der Waals surface area contributed by atoms with Crippen LogP contribution in [0.1, 0.15) is 4.88 Å². The average molecular weight is 445 g/mol. The highest BCUT2D eigenvalue weighted by Crippen LogP contribution is 2.38. The Bertz CT molecular complexity index is 1070. The molecule has 24 heavy (non-hydrogen) atoms. The summed E-state index contributed by atoms with van der Waals surface area (Å²) in [6.07, 6.45) is 3.44. The van der Waals surface area contributed by atoms with E-state index in [1.165, 1.54) is 29.2 Å². The van der Waals surface area contributed by atoms with Crippen molar-refractivity contribution >= 4 is 65.7 Å². The molecule has 0 saturated heterocycles. The minimum absolute atomic E-state index is 0.139. The van der Waals surface area contributed by atoms with Crippen LogP contribution in [-0.2, 0) is 16.9 Å². The van der Waals surface area contributed by atoms with Gasteiger partial charge in [-0.3, -0.25) is 5.41 Å². The second-order valence-electron chi connectivity index (χ2n) is 5.01. The van der Waals surface area contributed by atoms with Gasteiger partial charge in [0, 0.05) is 11.5 Å². The number of amidine groups is 1. The first-order chi connectivity index (χ1) is 11.3. The molecule has 10 heteroatoms. The number of nitrogens with two attached hydrogens (primary N) is 1. The summed E-state index contributed by atoms with van der Waals surface area (Å²) in [5.74, 6) is -0.139. The summed E-state index contributed by atoms with van der Waals surface area (Å²) in [6.45, 7) is 0. The van der Waals surface area contributed by atoms with Crippen LogP contribution in [-0.4, -0.2) is 30.1 Å². The second-order valence-corrected chi connectivity index (χ2v) is 9.91. The lowest BCUT2D eigenvalue weighted by atomic mass is 10.3. The number of thiophene rings is 1. The Labute approximate surface area is 155 Å². The molecule has 3 rings (SSSR count). The lowest BCUT2D eigenvalue weighted by molar-refractivity contribution is 0.595. The Kier molecular flexibility index (Phi) is 4.49. The Balaban J connectivity index is 2.25. The van der Waals surface area contributed by atoms with E-state index in [-0.39, 0.29) is 15.6 Å². The summed E-state index contributed by atoms with van der Waals surface area (Å²) in [4.78, 5) is 5.05. The molecule has 3 N–H and O–H groups in total. The minimum Gasteiger partial charge on any atom is -0.383 e. The number of halogens is 1. The molecule has 0 bridgehead atoms. The number of fused-ring (bicyclic) bond motifs is 1. The van der Waals surface area contributed by atoms with Crippen LogP contribution in [0.4, 0.5) is 0 Å². The van der Waals surface area contributed by atoms with Crippen molar-refractivity contribution in [3.8, 4) is 0 Å². The molecule has 2 aromatic heterocycles. The van der Waals surface area contributed by atoms with Gasteiger partial charge < -0.3 is 10.3 Å². The summed E-state index contributed by atoms with van der Waals surface area (Å²) in [5, 5.41) is 7.54. The smallest absolute Gasteiger partial charge is 0.208 e. The molecule has 3 aromatic rings. The van der Waals surface area contributed by atoms with Crippen molar-refractivity contribution in [3.05, 3.63) is 33.9 Å². The first kappa shape index (κ1) is 17.5. The predicted molar refractivity (Wildman–Crippen MR) is 101 cm³/mol. The fourth-order valence-corrected chi connectivity index (χ4v) is 6.87. The van der Waals surface area contributed by atoms with Crippen molar-refractivity contribution in [2.45, 2.75) is 14.0 Å². The Morgan fingerprint density at radius 1 is 1.42 bits per heavy atom. The lowest BCUT2D eigenvalue weighted by Crippen LogP contribution is -2.09. The minimum atomic E-state index is -3.74. The second kappa shape index (κ2) is 6.17. The van der Waals surface area contributed by atoms with E-state index >= 15 is 0 Å². The van der Waals surface area contributed by atoms with Gasteiger partial charge in [-0.2, -0.15) is 0 Å². The topological polar surface area (TPSA) is 102 Å². The van der Waals surface area contributed by atoms with E-state index in [4.69, 9.17) is 11.1 Å². The molecule has 2 heterocycles. The molecule has 0 saturated carbocycles. The third kappa shape index (κ3) is 2.77. The lowest BCUT2D eigenvalue weighted by Gasteiger charge is -2.06. The van der Waals surface area contributed by atoms with E-state index in [9.17, 15) is 8.42 Å². The number of benzene rings is 1. The van der Waals surface area contributed by atoms with Gasteiger partial charge in [-0.15, -0.1) is 23.1 Å². The number of sulfone groups is 1. The first-order valence-corrected chi connectivity index (χ1v) is 11.0. The molecular formula is C14H13BrN4O2S3. The molecule has 1 aromatic carbocycles. The molecule has 0 fully saturated rings. The maximum absolute atomic E-state index is 13.1. The van der Waals surface area contributed by atoms with E-state index in [0.717, 1.165) is 5.52 Å².